The third-order valence-corrected chi connectivity index (χ3v) is 7.50. The van der Waals surface area contributed by atoms with Crippen molar-refractivity contribution in [3.05, 3.63) is 89.5 Å². The van der Waals surface area contributed by atoms with Crippen molar-refractivity contribution in [3.8, 4) is 28.6 Å². The summed E-state index contributed by atoms with van der Waals surface area (Å²) in [6, 6.07) is 21.7. The molecule has 0 fully saturated rings. The van der Waals surface area contributed by atoms with E-state index in [1.165, 1.54) is 32.8 Å². The molecule has 3 aromatic carbocycles. The van der Waals surface area contributed by atoms with Crippen LogP contribution in [0.25, 0.3) is 22.8 Å². The summed E-state index contributed by atoms with van der Waals surface area (Å²) in [5.74, 6) is 0.841. The molecule has 0 aliphatic carbocycles. The SMILES string of the molecule is CCCCCCCOc1ccc(-c2nc(-c3ccc(CC(NC(=O)c4ccc(C(C)(C)C)cc4)C(=O)OC)cc3)no2)cc1. The van der Waals surface area contributed by atoms with Gasteiger partial charge in [0.05, 0.1) is 13.7 Å². The molecular weight excluding hydrogens is 554 g/mol. The first kappa shape index (κ1) is 32.5. The molecule has 4 aromatic rings. The molecule has 1 atom stereocenters. The molecule has 0 aliphatic rings. The molecule has 0 saturated heterocycles. The Morgan fingerprint density at radius 1 is 0.864 bits per heavy atom. The summed E-state index contributed by atoms with van der Waals surface area (Å²) in [5.41, 5.74) is 4.00. The number of aromatic nitrogens is 2. The highest BCUT2D eigenvalue weighted by molar-refractivity contribution is 5.96. The molecule has 1 unspecified atom stereocenters. The van der Waals surface area contributed by atoms with Gasteiger partial charge in [0.1, 0.15) is 11.8 Å². The van der Waals surface area contributed by atoms with Crippen molar-refractivity contribution < 1.29 is 23.6 Å². The smallest absolute Gasteiger partial charge is 0.328 e. The summed E-state index contributed by atoms with van der Waals surface area (Å²) < 4.78 is 16.3. The number of rotatable bonds is 14. The zero-order valence-corrected chi connectivity index (χ0v) is 26.4. The van der Waals surface area contributed by atoms with Crippen molar-refractivity contribution in [3.63, 3.8) is 0 Å². The summed E-state index contributed by atoms with van der Waals surface area (Å²) >= 11 is 0. The maximum atomic E-state index is 12.9. The van der Waals surface area contributed by atoms with E-state index in [1.807, 2.05) is 60.7 Å². The molecular formula is C36H43N3O5. The number of benzene rings is 3. The molecule has 4 rings (SSSR count). The number of carbonyl (C=O) groups excluding carboxylic acids is 2. The molecule has 232 valence electrons. The predicted octanol–water partition coefficient (Wildman–Crippen LogP) is 7.56. The summed E-state index contributed by atoms with van der Waals surface area (Å²) in [7, 11) is 1.31. The zero-order valence-electron chi connectivity index (χ0n) is 26.4. The Bertz CT molecular complexity index is 1490. The summed E-state index contributed by atoms with van der Waals surface area (Å²) in [4.78, 5) is 30.0. The van der Waals surface area contributed by atoms with Gasteiger partial charge in [0.15, 0.2) is 0 Å². The molecule has 1 N–H and O–H groups in total. The van der Waals surface area contributed by atoms with Gasteiger partial charge in [0.2, 0.25) is 5.82 Å². The van der Waals surface area contributed by atoms with E-state index in [1.54, 1.807) is 12.1 Å². The molecule has 0 saturated carbocycles. The Balaban J connectivity index is 1.35. The fraction of sp³-hybridized carbons (Fsp3) is 0.389. The lowest BCUT2D eigenvalue weighted by Crippen LogP contribution is -2.43. The average Bonchev–Trinajstić information content (AvgIpc) is 3.53. The van der Waals surface area contributed by atoms with E-state index in [0.717, 1.165) is 34.4 Å². The van der Waals surface area contributed by atoms with Gasteiger partial charge in [-0.25, -0.2) is 4.79 Å². The zero-order chi connectivity index (χ0) is 31.5. The van der Waals surface area contributed by atoms with Crippen LogP contribution in [-0.4, -0.2) is 41.8 Å². The molecule has 0 bridgehead atoms. The quantitative estimate of drug-likeness (QED) is 0.118. The number of nitrogens with zero attached hydrogens (tertiary/aromatic N) is 2. The Labute approximate surface area is 260 Å². The number of ether oxygens (including phenoxy) is 2. The van der Waals surface area contributed by atoms with Crippen LogP contribution in [-0.2, 0) is 21.4 Å². The number of hydrogen-bond donors (Lipinski definition) is 1. The lowest BCUT2D eigenvalue weighted by atomic mass is 9.86. The van der Waals surface area contributed by atoms with E-state index in [9.17, 15) is 9.59 Å². The maximum Gasteiger partial charge on any atom is 0.328 e. The van der Waals surface area contributed by atoms with Crippen molar-refractivity contribution in [1.82, 2.24) is 15.5 Å². The third-order valence-electron chi connectivity index (χ3n) is 7.50. The van der Waals surface area contributed by atoms with Crippen molar-refractivity contribution in [2.45, 2.75) is 77.7 Å². The summed E-state index contributed by atoms with van der Waals surface area (Å²) in [5, 5.41) is 6.97. The first-order chi connectivity index (χ1) is 21.2. The molecule has 44 heavy (non-hydrogen) atoms. The Kier molecular flexibility index (Phi) is 11.3. The van der Waals surface area contributed by atoms with Crippen LogP contribution in [0.15, 0.2) is 77.3 Å². The third kappa shape index (κ3) is 9.02. The highest BCUT2D eigenvalue weighted by Crippen LogP contribution is 2.25. The lowest BCUT2D eigenvalue weighted by molar-refractivity contribution is -0.142. The minimum atomic E-state index is -0.842. The Hall–Kier alpha value is -4.46. The second kappa shape index (κ2) is 15.3. The summed E-state index contributed by atoms with van der Waals surface area (Å²) in [6.07, 6.45) is 6.27. The van der Waals surface area contributed by atoms with E-state index < -0.39 is 12.0 Å². The lowest BCUT2D eigenvalue weighted by Gasteiger charge is -2.20. The van der Waals surface area contributed by atoms with Gasteiger partial charge in [-0.1, -0.05) is 94.9 Å². The number of methoxy groups -OCH3 is 1. The number of nitrogens with one attached hydrogen (secondary N) is 1. The minimum Gasteiger partial charge on any atom is -0.494 e. The predicted molar refractivity (Wildman–Crippen MR) is 172 cm³/mol. The number of carbonyl (C=O) groups is 2. The van der Waals surface area contributed by atoms with Crippen LogP contribution < -0.4 is 10.1 Å². The number of amides is 1. The minimum absolute atomic E-state index is 0.0213. The monoisotopic (exact) mass is 597 g/mol. The first-order valence-electron chi connectivity index (χ1n) is 15.3. The van der Waals surface area contributed by atoms with Crippen molar-refractivity contribution in [2.24, 2.45) is 0 Å². The van der Waals surface area contributed by atoms with E-state index in [2.05, 4.69) is 43.2 Å². The normalized spacial score (nSPS) is 12.0. The van der Waals surface area contributed by atoms with E-state index in [4.69, 9.17) is 14.0 Å². The van der Waals surface area contributed by atoms with Gasteiger partial charge in [-0.05, 0) is 59.4 Å². The Morgan fingerprint density at radius 3 is 2.16 bits per heavy atom. The maximum absolute atomic E-state index is 12.9. The van der Waals surface area contributed by atoms with E-state index in [0.29, 0.717) is 23.9 Å². The molecule has 0 spiro atoms. The van der Waals surface area contributed by atoms with Crippen molar-refractivity contribution in [2.75, 3.05) is 13.7 Å². The van der Waals surface area contributed by atoms with E-state index >= 15 is 0 Å². The fourth-order valence-electron chi connectivity index (χ4n) is 4.77. The standard InChI is InChI=1S/C36H43N3O5/c1-6-7-8-9-10-23-43-30-21-17-28(18-22-30)34-38-32(39-44-34)26-13-11-25(12-14-26)24-31(35(41)42-5)37-33(40)27-15-19-29(20-16-27)36(2,3)4/h11-22,31H,6-10,23-24H2,1-5H3,(H,37,40). The van der Waals surface area contributed by atoms with Gasteiger partial charge in [-0.15, -0.1) is 0 Å². The topological polar surface area (TPSA) is 104 Å². The Morgan fingerprint density at radius 2 is 1.52 bits per heavy atom. The number of hydrogen-bond acceptors (Lipinski definition) is 7. The van der Waals surface area contributed by atoms with Crippen LogP contribution in [0, 0.1) is 0 Å². The van der Waals surface area contributed by atoms with Crippen LogP contribution >= 0.6 is 0 Å². The number of unbranched alkanes of at least 4 members (excludes halogenated alkanes) is 4. The first-order valence-corrected chi connectivity index (χ1v) is 15.3. The van der Waals surface area contributed by atoms with Gasteiger partial charge in [0, 0.05) is 23.1 Å². The van der Waals surface area contributed by atoms with Crippen molar-refractivity contribution in [1.29, 1.82) is 0 Å². The van der Waals surface area contributed by atoms with Crippen LogP contribution in [0.2, 0.25) is 0 Å². The van der Waals surface area contributed by atoms with Crippen LogP contribution in [0.4, 0.5) is 0 Å². The van der Waals surface area contributed by atoms with Crippen molar-refractivity contribution >= 4 is 11.9 Å². The summed E-state index contributed by atoms with van der Waals surface area (Å²) in [6.45, 7) is 9.27. The van der Waals surface area contributed by atoms with Crippen LogP contribution in [0.3, 0.4) is 0 Å². The van der Waals surface area contributed by atoms with Gasteiger partial charge in [-0.3, -0.25) is 4.79 Å². The van der Waals surface area contributed by atoms with Gasteiger partial charge in [0.25, 0.3) is 11.8 Å². The highest BCUT2D eigenvalue weighted by Gasteiger charge is 2.23. The van der Waals surface area contributed by atoms with E-state index in [-0.39, 0.29) is 17.7 Å². The molecule has 1 aromatic heterocycles. The number of esters is 1. The van der Waals surface area contributed by atoms with Crippen LogP contribution in [0.1, 0.15) is 81.3 Å². The van der Waals surface area contributed by atoms with Gasteiger partial charge >= 0.3 is 5.97 Å². The van der Waals surface area contributed by atoms with Gasteiger partial charge < -0.3 is 19.3 Å². The molecule has 0 radical (unpaired) electrons. The second-order valence-corrected chi connectivity index (χ2v) is 12.0. The average molecular weight is 598 g/mol. The highest BCUT2D eigenvalue weighted by atomic mass is 16.5. The molecule has 0 aliphatic heterocycles. The van der Waals surface area contributed by atoms with Gasteiger partial charge in [-0.2, -0.15) is 4.98 Å². The second-order valence-electron chi connectivity index (χ2n) is 12.0. The fourth-order valence-corrected chi connectivity index (χ4v) is 4.77. The molecule has 1 heterocycles. The molecule has 8 nitrogen and oxygen atoms in total. The molecule has 1 amide bonds. The van der Waals surface area contributed by atoms with Crippen LogP contribution in [0.5, 0.6) is 5.75 Å². The molecule has 8 heteroatoms. The largest absolute Gasteiger partial charge is 0.494 e.